The quantitative estimate of drug-likeness (QED) is 0.532. The van der Waals surface area contributed by atoms with Crippen LogP contribution in [0.1, 0.15) is 32.1 Å². The predicted molar refractivity (Wildman–Crippen MR) is 68.8 cm³/mol. The van der Waals surface area contributed by atoms with Crippen molar-refractivity contribution in [1.29, 1.82) is 0 Å². The summed E-state index contributed by atoms with van der Waals surface area (Å²) in [5.41, 5.74) is 0. The van der Waals surface area contributed by atoms with E-state index < -0.39 is 0 Å². The fourth-order valence-corrected chi connectivity index (χ4v) is 5.78. The van der Waals surface area contributed by atoms with Crippen molar-refractivity contribution in [2.24, 2.45) is 35.5 Å². The fraction of sp³-hybridized carbons (Fsp3) is 0.750. The van der Waals surface area contributed by atoms with Crippen molar-refractivity contribution in [3.63, 3.8) is 0 Å². The van der Waals surface area contributed by atoms with Gasteiger partial charge in [0.15, 0.2) is 0 Å². The molecule has 5 aliphatic rings. The lowest BCUT2D eigenvalue weighted by Gasteiger charge is -2.31. The Morgan fingerprint density at radius 2 is 1.58 bits per heavy atom. The third-order valence-corrected chi connectivity index (χ3v) is 6.54. The van der Waals surface area contributed by atoms with Gasteiger partial charge in [-0.3, -0.25) is 14.5 Å². The summed E-state index contributed by atoms with van der Waals surface area (Å²) in [6.07, 6.45) is 10.3. The van der Waals surface area contributed by atoms with Crippen LogP contribution in [-0.4, -0.2) is 22.8 Å². The van der Waals surface area contributed by atoms with Gasteiger partial charge >= 0.3 is 0 Å². The molecule has 5 rings (SSSR count). The van der Waals surface area contributed by atoms with Gasteiger partial charge in [-0.2, -0.15) is 0 Å². The van der Waals surface area contributed by atoms with Crippen LogP contribution in [0.5, 0.6) is 0 Å². The summed E-state index contributed by atoms with van der Waals surface area (Å²) < 4.78 is 0. The molecule has 2 amide bonds. The Hall–Kier alpha value is -1.12. The molecule has 3 heteroatoms. The van der Waals surface area contributed by atoms with E-state index in [1.807, 2.05) is 0 Å². The second-order valence-corrected chi connectivity index (χ2v) is 7.29. The van der Waals surface area contributed by atoms with E-state index >= 15 is 0 Å². The van der Waals surface area contributed by atoms with Crippen molar-refractivity contribution in [1.82, 2.24) is 4.90 Å². The minimum atomic E-state index is 0.00151. The van der Waals surface area contributed by atoms with Crippen LogP contribution >= 0.6 is 0 Å². The van der Waals surface area contributed by atoms with Crippen LogP contribution in [0.2, 0.25) is 0 Å². The Balaban J connectivity index is 1.50. The number of rotatable bonds is 1. The molecule has 3 nitrogen and oxygen atoms in total. The second-order valence-electron chi connectivity index (χ2n) is 7.29. The summed E-state index contributed by atoms with van der Waals surface area (Å²) in [7, 11) is 0. The average molecular weight is 257 g/mol. The van der Waals surface area contributed by atoms with Gasteiger partial charge in [0.25, 0.3) is 0 Å². The first-order valence-corrected chi connectivity index (χ1v) is 7.79. The number of fused-ring (bicyclic) bond motifs is 7. The second kappa shape index (κ2) is 3.31. The fourth-order valence-electron chi connectivity index (χ4n) is 5.78. The number of carbonyl (C=O) groups excluding carboxylic acids is 2. The zero-order valence-corrected chi connectivity index (χ0v) is 11.0. The SMILES string of the molecule is O=C1[C@@H]2[C@H](C(=O)N1[C@H]1C[C@@H]3CC[C@@H]1C3)[C@H]1C=C[C@H]2C1. The summed E-state index contributed by atoms with van der Waals surface area (Å²) in [6.45, 7) is 0. The van der Waals surface area contributed by atoms with Crippen LogP contribution < -0.4 is 0 Å². The number of hydrogen-bond donors (Lipinski definition) is 0. The number of allylic oxidation sites excluding steroid dienone is 2. The van der Waals surface area contributed by atoms with E-state index in [2.05, 4.69) is 12.2 Å². The molecule has 7 atom stereocenters. The Labute approximate surface area is 113 Å². The molecule has 4 fully saturated rings. The molecule has 0 aromatic heterocycles. The summed E-state index contributed by atoms with van der Waals surface area (Å²) in [6, 6.07) is 0.253. The molecule has 4 aliphatic carbocycles. The van der Waals surface area contributed by atoms with Gasteiger partial charge in [0.2, 0.25) is 11.8 Å². The zero-order chi connectivity index (χ0) is 12.7. The molecule has 0 radical (unpaired) electrons. The van der Waals surface area contributed by atoms with Gasteiger partial charge in [0.1, 0.15) is 0 Å². The number of likely N-dealkylation sites (tertiary alicyclic amines) is 1. The van der Waals surface area contributed by atoms with Gasteiger partial charge < -0.3 is 0 Å². The highest BCUT2D eigenvalue weighted by Gasteiger charge is 2.61. The Morgan fingerprint density at radius 3 is 2.11 bits per heavy atom. The van der Waals surface area contributed by atoms with Crippen molar-refractivity contribution in [3.8, 4) is 0 Å². The van der Waals surface area contributed by atoms with E-state index in [4.69, 9.17) is 0 Å². The third-order valence-electron chi connectivity index (χ3n) is 6.54. The van der Waals surface area contributed by atoms with E-state index in [1.165, 1.54) is 19.3 Å². The number of amides is 2. The van der Waals surface area contributed by atoms with Crippen LogP contribution in [0.15, 0.2) is 12.2 Å². The first kappa shape index (κ1) is 10.6. The smallest absolute Gasteiger partial charge is 0.233 e. The molecule has 0 aromatic rings. The number of carbonyl (C=O) groups is 2. The van der Waals surface area contributed by atoms with Crippen molar-refractivity contribution in [2.45, 2.75) is 38.1 Å². The zero-order valence-electron chi connectivity index (χ0n) is 11.0. The number of hydrogen-bond acceptors (Lipinski definition) is 2. The Morgan fingerprint density at radius 1 is 0.895 bits per heavy atom. The molecule has 1 heterocycles. The van der Waals surface area contributed by atoms with Gasteiger partial charge in [-0.1, -0.05) is 18.6 Å². The van der Waals surface area contributed by atoms with Crippen molar-refractivity contribution >= 4 is 11.8 Å². The molecule has 100 valence electrons. The molecule has 3 saturated carbocycles. The first-order valence-electron chi connectivity index (χ1n) is 7.79. The standard InChI is InChI=1S/C16H19NO2/c18-15-13-10-3-4-11(7-10)14(13)16(19)17(15)12-6-8-1-2-9(12)5-8/h3-4,8-14H,1-2,5-7H2/t8-,9-,10+,11+,12+,13-,14+/m1/s1. The molecule has 4 bridgehead atoms. The molecule has 0 aromatic carbocycles. The van der Waals surface area contributed by atoms with E-state index in [-0.39, 0.29) is 29.7 Å². The normalized spacial score (nSPS) is 53.7. The van der Waals surface area contributed by atoms with Crippen LogP contribution in [0, 0.1) is 35.5 Å². The molecule has 0 spiro atoms. The van der Waals surface area contributed by atoms with Crippen LogP contribution in [0.4, 0.5) is 0 Å². The lowest BCUT2D eigenvalue weighted by Crippen LogP contribution is -2.44. The maximum atomic E-state index is 12.7. The molecule has 19 heavy (non-hydrogen) atoms. The maximum Gasteiger partial charge on any atom is 0.233 e. The van der Waals surface area contributed by atoms with Gasteiger partial charge in [-0.05, 0) is 49.4 Å². The number of nitrogens with zero attached hydrogens (tertiary/aromatic N) is 1. The molecule has 1 saturated heterocycles. The minimum Gasteiger partial charge on any atom is -0.279 e. The third kappa shape index (κ3) is 1.16. The highest BCUT2D eigenvalue weighted by molar-refractivity contribution is 6.06. The summed E-state index contributed by atoms with van der Waals surface area (Å²) in [5.74, 6) is 2.45. The minimum absolute atomic E-state index is 0.00151. The lowest BCUT2D eigenvalue weighted by atomic mass is 9.85. The number of imide groups is 1. The molecular weight excluding hydrogens is 238 g/mol. The monoisotopic (exact) mass is 257 g/mol. The first-order chi connectivity index (χ1) is 9.24. The van der Waals surface area contributed by atoms with Crippen LogP contribution in [0.3, 0.4) is 0 Å². The molecular formula is C16H19NO2. The Kier molecular flexibility index (Phi) is 1.85. The van der Waals surface area contributed by atoms with Crippen LogP contribution in [0.25, 0.3) is 0 Å². The molecule has 0 N–H and O–H groups in total. The maximum absolute atomic E-state index is 12.7. The van der Waals surface area contributed by atoms with Gasteiger partial charge in [-0.15, -0.1) is 0 Å². The van der Waals surface area contributed by atoms with Crippen LogP contribution in [-0.2, 0) is 9.59 Å². The van der Waals surface area contributed by atoms with E-state index in [0.717, 1.165) is 18.8 Å². The molecule has 0 unspecified atom stereocenters. The Bertz CT molecular complexity index is 481. The van der Waals surface area contributed by atoms with E-state index in [9.17, 15) is 9.59 Å². The summed E-state index contributed by atoms with van der Waals surface area (Å²) in [4.78, 5) is 27.2. The van der Waals surface area contributed by atoms with E-state index in [0.29, 0.717) is 17.8 Å². The van der Waals surface area contributed by atoms with Crippen molar-refractivity contribution < 1.29 is 9.59 Å². The average Bonchev–Trinajstić information content (AvgIpc) is 3.16. The topological polar surface area (TPSA) is 37.4 Å². The highest BCUT2D eigenvalue weighted by Crippen LogP contribution is 2.55. The highest BCUT2D eigenvalue weighted by atomic mass is 16.2. The van der Waals surface area contributed by atoms with Crippen molar-refractivity contribution in [2.75, 3.05) is 0 Å². The largest absolute Gasteiger partial charge is 0.279 e. The van der Waals surface area contributed by atoms with Gasteiger partial charge in [-0.25, -0.2) is 0 Å². The predicted octanol–water partition coefficient (Wildman–Crippen LogP) is 1.98. The van der Waals surface area contributed by atoms with Gasteiger partial charge in [0.05, 0.1) is 11.8 Å². The lowest BCUT2D eigenvalue weighted by molar-refractivity contribution is -0.144. The van der Waals surface area contributed by atoms with Crippen molar-refractivity contribution in [3.05, 3.63) is 12.2 Å². The molecule has 1 aliphatic heterocycles. The summed E-state index contributed by atoms with van der Waals surface area (Å²) >= 11 is 0. The van der Waals surface area contributed by atoms with Gasteiger partial charge in [0, 0.05) is 6.04 Å². The van der Waals surface area contributed by atoms with E-state index in [1.54, 1.807) is 4.90 Å². The summed E-state index contributed by atoms with van der Waals surface area (Å²) in [5, 5.41) is 0.